The highest BCUT2D eigenvalue weighted by atomic mass is 16.7. The molecule has 1 fully saturated rings. The van der Waals surface area contributed by atoms with Crippen molar-refractivity contribution in [1.82, 2.24) is 0 Å². The third-order valence-electron chi connectivity index (χ3n) is 2.79. The van der Waals surface area contributed by atoms with Crippen molar-refractivity contribution < 1.29 is 23.7 Å². The first kappa shape index (κ1) is 14.6. The molecule has 0 amide bonds. The van der Waals surface area contributed by atoms with Crippen molar-refractivity contribution in [3.05, 3.63) is 12.7 Å². The molecule has 0 unspecified atom stereocenters. The summed E-state index contributed by atoms with van der Waals surface area (Å²) in [6, 6.07) is 0. The van der Waals surface area contributed by atoms with Gasteiger partial charge in [0.2, 0.25) is 0 Å². The van der Waals surface area contributed by atoms with Gasteiger partial charge < -0.3 is 23.7 Å². The van der Waals surface area contributed by atoms with E-state index in [1.165, 1.54) is 0 Å². The highest BCUT2D eigenvalue weighted by Crippen LogP contribution is 2.25. The largest absolute Gasteiger partial charge is 0.382 e. The molecule has 1 aliphatic rings. The quantitative estimate of drug-likeness (QED) is 0.627. The minimum atomic E-state index is -0.301. The van der Waals surface area contributed by atoms with E-state index in [2.05, 4.69) is 6.58 Å². The van der Waals surface area contributed by atoms with Crippen LogP contribution in [0.5, 0.6) is 0 Å². The summed E-state index contributed by atoms with van der Waals surface area (Å²) in [5, 5.41) is 0. The summed E-state index contributed by atoms with van der Waals surface area (Å²) < 4.78 is 27.2. The van der Waals surface area contributed by atoms with E-state index in [9.17, 15) is 0 Å². The molecular weight excluding hydrogens is 224 g/mol. The Balaban J connectivity index is 2.61. The van der Waals surface area contributed by atoms with Gasteiger partial charge in [0, 0.05) is 27.8 Å². The zero-order chi connectivity index (χ0) is 12.7. The Labute approximate surface area is 103 Å². The summed E-state index contributed by atoms with van der Waals surface area (Å²) in [6.07, 6.45) is 1.66. The average Bonchev–Trinajstić information content (AvgIpc) is 2.36. The first-order valence-electron chi connectivity index (χ1n) is 5.69. The summed E-state index contributed by atoms with van der Waals surface area (Å²) in [6.45, 7) is 4.52. The van der Waals surface area contributed by atoms with Gasteiger partial charge in [-0.05, 0) is 0 Å². The summed E-state index contributed by atoms with van der Waals surface area (Å²) in [7, 11) is 4.94. The molecule has 0 aromatic heterocycles. The SMILES string of the molecule is C=CCO[C@H]1C[C@@H](OC)[C@@H](OC)[C@@H](COC)O1. The van der Waals surface area contributed by atoms with Gasteiger partial charge in [0.25, 0.3) is 0 Å². The summed E-state index contributed by atoms with van der Waals surface area (Å²) in [5.41, 5.74) is 0. The summed E-state index contributed by atoms with van der Waals surface area (Å²) >= 11 is 0. The molecule has 0 N–H and O–H groups in total. The van der Waals surface area contributed by atoms with Gasteiger partial charge in [0.1, 0.15) is 12.2 Å². The van der Waals surface area contributed by atoms with Crippen LogP contribution in [0.4, 0.5) is 0 Å². The monoisotopic (exact) mass is 246 g/mol. The van der Waals surface area contributed by atoms with E-state index in [1.54, 1.807) is 27.4 Å². The fourth-order valence-electron chi connectivity index (χ4n) is 2.01. The van der Waals surface area contributed by atoms with Crippen LogP contribution in [0, 0.1) is 0 Å². The molecule has 0 aliphatic carbocycles. The smallest absolute Gasteiger partial charge is 0.161 e. The van der Waals surface area contributed by atoms with E-state index >= 15 is 0 Å². The Bertz CT molecular complexity index is 221. The first-order valence-corrected chi connectivity index (χ1v) is 5.69. The summed E-state index contributed by atoms with van der Waals surface area (Å²) in [4.78, 5) is 0. The Morgan fingerprint density at radius 1 is 1.29 bits per heavy atom. The van der Waals surface area contributed by atoms with E-state index in [0.717, 1.165) is 0 Å². The van der Waals surface area contributed by atoms with Crippen molar-refractivity contribution in [2.75, 3.05) is 34.5 Å². The van der Waals surface area contributed by atoms with Crippen LogP contribution in [0.2, 0.25) is 0 Å². The molecule has 0 spiro atoms. The topological polar surface area (TPSA) is 46.2 Å². The Morgan fingerprint density at radius 3 is 2.59 bits per heavy atom. The number of hydrogen-bond acceptors (Lipinski definition) is 5. The van der Waals surface area contributed by atoms with Crippen molar-refractivity contribution >= 4 is 0 Å². The van der Waals surface area contributed by atoms with Crippen LogP contribution in [0.3, 0.4) is 0 Å². The molecule has 17 heavy (non-hydrogen) atoms. The molecule has 4 atom stereocenters. The van der Waals surface area contributed by atoms with Crippen molar-refractivity contribution in [3.8, 4) is 0 Å². The van der Waals surface area contributed by atoms with Crippen LogP contribution < -0.4 is 0 Å². The van der Waals surface area contributed by atoms with Gasteiger partial charge in [-0.25, -0.2) is 0 Å². The molecule has 5 nitrogen and oxygen atoms in total. The van der Waals surface area contributed by atoms with Crippen LogP contribution in [0.15, 0.2) is 12.7 Å². The molecule has 0 radical (unpaired) electrons. The molecule has 0 bridgehead atoms. The molecule has 1 aliphatic heterocycles. The molecule has 0 aromatic carbocycles. The lowest BCUT2D eigenvalue weighted by atomic mass is 10.0. The maximum absolute atomic E-state index is 5.76. The number of methoxy groups -OCH3 is 3. The van der Waals surface area contributed by atoms with Gasteiger partial charge >= 0.3 is 0 Å². The number of rotatable bonds is 7. The second-order valence-corrected chi connectivity index (χ2v) is 3.89. The van der Waals surface area contributed by atoms with Crippen LogP contribution >= 0.6 is 0 Å². The second-order valence-electron chi connectivity index (χ2n) is 3.89. The molecular formula is C12H22O5. The fourth-order valence-corrected chi connectivity index (χ4v) is 2.01. The van der Waals surface area contributed by atoms with Gasteiger partial charge in [-0.15, -0.1) is 6.58 Å². The van der Waals surface area contributed by atoms with Crippen LogP contribution in [0.25, 0.3) is 0 Å². The standard InChI is InChI=1S/C12H22O5/c1-5-6-16-11-7-9(14-3)12(15-4)10(17-11)8-13-2/h5,9-12H,1,6-8H2,2-4H3/t9-,10-,11-,12-/m1/s1. The predicted molar refractivity (Wildman–Crippen MR) is 62.9 cm³/mol. The average molecular weight is 246 g/mol. The van der Waals surface area contributed by atoms with Crippen LogP contribution in [-0.4, -0.2) is 59.1 Å². The van der Waals surface area contributed by atoms with E-state index in [1.807, 2.05) is 0 Å². The summed E-state index contributed by atoms with van der Waals surface area (Å²) in [5.74, 6) is 0. The maximum Gasteiger partial charge on any atom is 0.161 e. The molecule has 0 aromatic rings. The molecule has 5 heteroatoms. The van der Waals surface area contributed by atoms with Crippen molar-refractivity contribution in [3.63, 3.8) is 0 Å². The number of ether oxygens (including phenoxy) is 5. The number of hydrogen-bond donors (Lipinski definition) is 0. The molecule has 1 rings (SSSR count). The minimum Gasteiger partial charge on any atom is -0.382 e. The predicted octanol–water partition coefficient (Wildman–Crippen LogP) is 0.980. The second kappa shape index (κ2) is 7.79. The Kier molecular flexibility index (Phi) is 6.69. The highest BCUT2D eigenvalue weighted by molar-refractivity contribution is 4.85. The van der Waals surface area contributed by atoms with E-state index in [4.69, 9.17) is 23.7 Å². The van der Waals surface area contributed by atoms with Crippen LogP contribution in [-0.2, 0) is 23.7 Å². The Morgan fingerprint density at radius 2 is 2.06 bits per heavy atom. The zero-order valence-electron chi connectivity index (χ0n) is 10.8. The van der Waals surface area contributed by atoms with Gasteiger partial charge in [0.05, 0.1) is 19.3 Å². The van der Waals surface area contributed by atoms with E-state index in [0.29, 0.717) is 19.6 Å². The van der Waals surface area contributed by atoms with Gasteiger partial charge in [-0.2, -0.15) is 0 Å². The third-order valence-corrected chi connectivity index (χ3v) is 2.79. The maximum atomic E-state index is 5.76. The first-order chi connectivity index (χ1) is 8.26. The molecule has 1 saturated heterocycles. The third kappa shape index (κ3) is 4.04. The Hall–Kier alpha value is -0.460. The molecule has 1 heterocycles. The minimum absolute atomic E-state index is 0.0521. The lowest BCUT2D eigenvalue weighted by Crippen LogP contribution is -2.52. The van der Waals surface area contributed by atoms with Crippen LogP contribution in [0.1, 0.15) is 6.42 Å². The normalized spacial score (nSPS) is 33.6. The fraction of sp³-hybridized carbons (Fsp3) is 0.833. The van der Waals surface area contributed by atoms with Crippen molar-refractivity contribution in [1.29, 1.82) is 0 Å². The zero-order valence-corrected chi connectivity index (χ0v) is 10.8. The van der Waals surface area contributed by atoms with Gasteiger partial charge in [-0.1, -0.05) is 6.08 Å². The highest BCUT2D eigenvalue weighted by Gasteiger charge is 2.39. The lowest BCUT2D eigenvalue weighted by molar-refractivity contribution is -0.263. The van der Waals surface area contributed by atoms with E-state index in [-0.39, 0.29) is 24.6 Å². The van der Waals surface area contributed by atoms with Gasteiger partial charge in [-0.3, -0.25) is 0 Å². The van der Waals surface area contributed by atoms with Gasteiger partial charge in [0.15, 0.2) is 6.29 Å². The van der Waals surface area contributed by atoms with E-state index < -0.39 is 0 Å². The molecule has 0 saturated carbocycles. The molecule has 100 valence electrons. The lowest BCUT2D eigenvalue weighted by Gasteiger charge is -2.39. The van der Waals surface area contributed by atoms with Crippen molar-refractivity contribution in [2.45, 2.75) is 31.0 Å². The van der Waals surface area contributed by atoms with Crippen molar-refractivity contribution in [2.24, 2.45) is 0 Å².